The van der Waals surface area contributed by atoms with Crippen LogP contribution < -0.4 is 4.74 Å². The lowest BCUT2D eigenvalue weighted by Crippen LogP contribution is -2.08. The predicted octanol–water partition coefficient (Wildman–Crippen LogP) is 3.34. The maximum absolute atomic E-state index is 13.3. The third kappa shape index (κ3) is 4.27. The lowest BCUT2D eigenvalue weighted by molar-refractivity contribution is 0.0349. The molecule has 18 heavy (non-hydrogen) atoms. The highest BCUT2D eigenvalue weighted by atomic mass is 19.1. The number of halogens is 1. The highest BCUT2D eigenvalue weighted by Crippen LogP contribution is 2.30. The SMILES string of the molecule is CC[C@H](OCCCOC)c1cc(F)ccc1OC. The Hall–Kier alpha value is -1.13. The number of hydrogen-bond donors (Lipinski definition) is 0. The number of rotatable bonds is 8. The van der Waals surface area contributed by atoms with E-state index in [1.54, 1.807) is 20.3 Å². The normalized spacial score (nSPS) is 12.4. The summed E-state index contributed by atoms with van der Waals surface area (Å²) in [6, 6.07) is 4.50. The van der Waals surface area contributed by atoms with Crippen molar-refractivity contribution in [2.45, 2.75) is 25.9 Å². The molecule has 4 heteroatoms. The summed E-state index contributed by atoms with van der Waals surface area (Å²) < 4.78 is 29.2. The highest BCUT2D eigenvalue weighted by molar-refractivity contribution is 5.35. The van der Waals surface area contributed by atoms with Crippen molar-refractivity contribution in [3.63, 3.8) is 0 Å². The summed E-state index contributed by atoms with van der Waals surface area (Å²) in [5.74, 6) is 0.389. The Bertz CT molecular complexity index is 355. The van der Waals surface area contributed by atoms with Crippen LogP contribution in [0.1, 0.15) is 31.4 Å². The van der Waals surface area contributed by atoms with Crippen LogP contribution in [0.25, 0.3) is 0 Å². The Balaban J connectivity index is 2.71. The molecule has 0 aliphatic rings. The van der Waals surface area contributed by atoms with Crippen LogP contribution in [0.4, 0.5) is 4.39 Å². The van der Waals surface area contributed by atoms with Crippen molar-refractivity contribution in [1.82, 2.24) is 0 Å². The molecular weight excluding hydrogens is 235 g/mol. The molecule has 1 aromatic carbocycles. The standard InChI is InChI=1S/C14H21FO3/c1-4-13(18-9-5-8-16-2)12-10-11(15)6-7-14(12)17-3/h6-7,10,13H,4-5,8-9H2,1-3H3/t13-/m0/s1. The molecule has 102 valence electrons. The van der Waals surface area contributed by atoms with Crippen LogP contribution in [0.2, 0.25) is 0 Å². The lowest BCUT2D eigenvalue weighted by atomic mass is 10.1. The van der Waals surface area contributed by atoms with Crippen molar-refractivity contribution in [3.05, 3.63) is 29.6 Å². The highest BCUT2D eigenvalue weighted by Gasteiger charge is 2.15. The van der Waals surface area contributed by atoms with Crippen LogP contribution in [-0.4, -0.2) is 27.4 Å². The summed E-state index contributed by atoms with van der Waals surface area (Å²) in [5.41, 5.74) is 0.761. The van der Waals surface area contributed by atoms with E-state index in [1.807, 2.05) is 6.92 Å². The van der Waals surface area contributed by atoms with Crippen LogP contribution in [0.3, 0.4) is 0 Å². The van der Waals surface area contributed by atoms with Gasteiger partial charge < -0.3 is 14.2 Å². The summed E-state index contributed by atoms with van der Waals surface area (Å²) in [7, 11) is 3.24. The van der Waals surface area contributed by atoms with Crippen molar-refractivity contribution < 1.29 is 18.6 Å². The van der Waals surface area contributed by atoms with E-state index in [-0.39, 0.29) is 11.9 Å². The molecule has 0 N–H and O–H groups in total. The molecule has 0 saturated heterocycles. The first-order valence-electron chi connectivity index (χ1n) is 6.16. The van der Waals surface area contributed by atoms with Crippen molar-refractivity contribution in [3.8, 4) is 5.75 Å². The molecule has 1 atom stereocenters. The first-order chi connectivity index (χ1) is 8.72. The van der Waals surface area contributed by atoms with E-state index >= 15 is 0 Å². The van der Waals surface area contributed by atoms with Crippen molar-refractivity contribution in [2.24, 2.45) is 0 Å². The Morgan fingerprint density at radius 3 is 2.61 bits per heavy atom. The zero-order chi connectivity index (χ0) is 13.4. The van der Waals surface area contributed by atoms with Crippen molar-refractivity contribution in [2.75, 3.05) is 27.4 Å². The van der Waals surface area contributed by atoms with Crippen LogP contribution in [0, 0.1) is 5.82 Å². The summed E-state index contributed by atoms with van der Waals surface area (Å²) >= 11 is 0. The fourth-order valence-electron chi connectivity index (χ4n) is 1.81. The molecule has 0 unspecified atom stereocenters. The van der Waals surface area contributed by atoms with Gasteiger partial charge in [-0.05, 0) is 31.0 Å². The quantitative estimate of drug-likeness (QED) is 0.668. The third-order valence-electron chi connectivity index (χ3n) is 2.72. The van der Waals surface area contributed by atoms with E-state index in [2.05, 4.69) is 0 Å². The van der Waals surface area contributed by atoms with Gasteiger partial charge in [-0.15, -0.1) is 0 Å². The minimum atomic E-state index is -0.273. The van der Waals surface area contributed by atoms with E-state index in [0.717, 1.165) is 18.4 Å². The Labute approximate surface area is 108 Å². The molecule has 0 radical (unpaired) electrons. The fourth-order valence-corrected chi connectivity index (χ4v) is 1.81. The molecule has 1 rings (SSSR count). The topological polar surface area (TPSA) is 27.7 Å². The number of ether oxygens (including phenoxy) is 3. The van der Waals surface area contributed by atoms with Crippen LogP contribution in [-0.2, 0) is 9.47 Å². The van der Waals surface area contributed by atoms with Crippen LogP contribution >= 0.6 is 0 Å². The van der Waals surface area contributed by atoms with Crippen LogP contribution in [0.15, 0.2) is 18.2 Å². The molecule has 0 amide bonds. The molecule has 0 bridgehead atoms. The molecule has 0 spiro atoms. The molecule has 3 nitrogen and oxygen atoms in total. The van der Waals surface area contributed by atoms with E-state index in [4.69, 9.17) is 14.2 Å². The predicted molar refractivity (Wildman–Crippen MR) is 68.4 cm³/mol. The fraction of sp³-hybridized carbons (Fsp3) is 0.571. The minimum Gasteiger partial charge on any atom is -0.496 e. The minimum absolute atomic E-state index is 0.146. The van der Waals surface area contributed by atoms with E-state index in [9.17, 15) is 4.39 Å². The van der Waals surface area contributed by atoms with E-state index < -0.39 is 0 Å². The van der Waals surface area contributed by atoms with Gasteiger partial charge in [0.2, 0.25) is 0 Å². The summed E-state index contributed by atoms with van der Waals surface area (Å²) in [4.78, 5) is 0. The molecule has 0 aromatic heterocycles. The smallest absolute Gasteiger partial charge is 0.124 e. The maximum atomic E-state index is 13.3. The Morgan fingerprint density at radius 1 is 1.22 bits per heavy atom. The molecule has 0 aliphatic heterocycles. The summed E-state index contributed by atoms with van der Waals surface area (Å²) in [6.45, 7) is 3.26. The van der Waals surface area contributed by atoms with Gasteiger partial charge in [0.05, 0.1) is 13.2 Å². The Morgan fingerprint density at radius 2 is 2.00 bits per heavy atom. The molecule has 0 heterocycles. The lowest BCUT2D eigenvalue weighted by Gasteiger charge is -2.19. The monoisotopic (exact) mass is 256 g/mol. The van der Waals surface area contributed by atoms with Gasteiger partial charge in [0.25, 0.3) is 0 Å². The first kappa shape index (κ1) is 14.9. The van der Waals surface area contributed by atoms with E-state index in [1.165, 1.54) is 12.1 Å². The van der Waals surface area contributed by atoms with Crippen molar-refractivity contribution >= 4 is 0 Å². The average molecular weight is 256 g/mol. The summed E-state index contributed by atoms with van der Waals surface area (Å²) in [6.07, 6.45) is 1.45. The van der Waals surface area contributed by atoms with Gasteiger partial charge in [-0.2, -0.15) is 0 Å². The number of methoxy groups -OCH3 is 2. The third-order valence-corrected chi connectivity index (χ3v) is 2.72. The summed E-state index contributed by atoms with van der Waals surface area (Å²) in [5, 5.41) is 0. The second kappa shape index (κ2) is 8.06. The van der Waals surface area contributed by atoms with Gasteiger partial charge in [-0.1, -0.05) is 6.92 Å². The zero-order valence-electron chi connectivity index (χ0n) is 11.2. The maximum Gasteiger partial charge on any atom is 0.124 e. The van der Waals surface area contributed by atoms with Gasteiger partial charge in [0, 0.05) is 25.9 Å². The molecular formula is C14H21FO3. The number of benzene rings is 1. The molecule has 0 saturated carbocycles. The van der Waals surface area contributed by atoms with Gasteiger partial charge in [0.15, 0.2) is 0 Å². The first-order valence-corrected chi connectivity index (χ1v) is 6.16. The largest absolute Gasteiger partial charge is 0.496 e. The zero-order valence-corrected chi connectivity index (χ0v) is 11.2. The Kier molecular flexibility index (Phi) is 6.68. The van der Waals surface area contributed by atoms with Gasteiger partial charge in [0.1, 0.15) is 11.6 Å². The average Bonchev–Trinajstić information content (AvgIpc) is 2.39. The molecule has 0 aliphatic carbocycles. The second-order valence-electron chi connectivity index (χ2n) is 4.00. The van der Waals surface area contributed by atoms with E-state index in [0.29, 0.717) is 19.0 Å². The molecule has 0 fully saturated rings. The van der Waals surface area contributed by atoms with Gasteiger partial charge in [-0.3, -0.25) is 0 Å². The van der Waals surface area contributed by atoms with Crippen molar-refractivity contribution in [1.29, 1.82) is 0 Å². The van der Waals surface area contributed by atoms with Crippen LogP contribution in [0.5, 0.6) is 5.75 Å². The van der Waals surface area contributed by atoms with Gasteiger partial charge in [-0.25, -0.2) is 4.39 Å². The molecule has 1 aromatic rings. The number of hydrogen-bond acceptors (Lipinski definition) is 3. The van der Waals surface area contributed by atoms with Gasteiger partial charge >= 0.3 is 0 Å². The second-order valence-corrected chi connectivity index (χ2v) is 4.00.